The van der Waals surface area contributed by atoms with Crippen LogP contribution in [0.4, 0.5) is 0 Å². The first-order chi connectivity index (χ1) is 8.22. The minimum atomic E-state index is -0.0175. The number of rotatable bonds is 5. The van der Waals surface area contributed by atoms with Crippen LogP contribution in [0.3, 0.4) is 0 Å². The van der Waals surface area contributed by atoms with Crippen LogP contribution >= 0.6 is 11.6 Å². The molecule has 0 aliphatic rings. The Morgan fingerprint density at radius 3 is 2.94 bits per heavy atom. The number of furan rings is 1. The van der Waals surface area contributed by atoms with E-state index in [1.807, 2.05) is 23.9 Å². The Labute approximate surface area is 105 Å². The molecule has 0 saturated carbocycles. The summed E-state index contributed by atoms with van der Waals surface area (Å²) in [6.07, 6.45) is 5.04. The summed E-state index contributed by atoms with van der Waals surface area (Å²) < 4.78 is 6.91. The highest BCUT2D eigenvalue weighted by atomic mass is 35.5. The van der Waals surface area contributed by atoms with Crippen molar-refractivity contribution in [1.82, 2.24) is 15.2 Å². The van der Waals surface area contributed by atoms with Gasteiger partial charge in [0.15, 0.2) is 5.22 Å². The van der Waals surface area contributed by atoms with E-state index >= 15 is 0 Å². The number of hydrogen-bond acceptors (Lipinski definition) is 4. The van der Waals surface area contributed by atoms with E-state index < -0.39 is 0 Å². The summed E-state index contributed by atoms with van der Waals surface area (Å²) >= 11 is 5.93. The maximum Gasteiger partial charge on any atom is 0.197 e. The highest BCUT2D eigenvalue weighted by Gasteiger charge is 2.16. The number of nitrogens with one attached hydrogen (secondary N) is 1. The van der Waals surface area contributed by atoms with Crippen molar-refractivity contribution in [3.05, 3.63) is 41.1 Å². The van der Waals surface area contributed by atoms with Gasteiger partial charge in [-0.3, -0.25) is 16.0 Å². The van der Waals surface area contributed by atoms with Gasteiger partial charge in [0, 0.05) is 24.5 Å². The average Bonchev–Trinajstić information content (AvgIpc) is 2.90. The third-order valence-corrected chi connectivity index (χ3v) is 3.14. The van der Waals surface area contributed by atoms with Gasteiger partial charge >= 0.3 is 0 Å². The molecular weight excluding hydrogens is 240 g/mol. The van der Waals surface area contributed by atoms with Gasteiger partial charge < -0.3 is 4.42 Å². The number of aryl methyl sites for hydroxylation is 2. The van der Waals surface area contributed by atoms with Crippen molar-refractivity contribution in [2.24, 2.45) is 12.9 Å². The number of aromatic nitrogens is 2. The Bertz CT molecular complexity index is 479. The average molecular weight is 255 g/mol. The van der Waals surface area contributed by atoms with E-state index in [1.54, 1.807) is 12.5 Å². The van der Waals surface area contributed by atoms with Crippen LogP contribution < -0.4 is 11.3 Å². The van der Waals surface area contributed by atoms with E-state index in [0.717, 1.165) is 24.1 Å². The topological polar surface area (TPSA) is 69.0 Å². The molecule has 0 aliphatic carbocycles. The Balaban J connectivity index is 2.02. The van der Waals surface area contributed by atoms with Crippen LogP contribution in [-0.4, -0.2) is 9.78 Å². The molecule has 6 heteroatoms. The Morgan fingerprint density at radius 2 is 2.41 bits per heavy atom. The standard InChI is InChI=1S/C11H15ClN4O/c1-16-8(4-6-14-16)2-3-10(15-13)9-5-7-17-11(9)12/h4-7,10,15H,2-3,13H2,1H3. The zero-order valence-corrected chi connectivity index (χ0v) is 10.3. The molecule has 0 amide bonds. The van der Waals surface area contributed by atoms with E-state index in [1.165, 1.54) is 0 Å². The van der Waals surface area contributed by atoms with Crippen molar-refractivity contribution in [2.45, 2.75) is 18.9 Å². The molecule has 2 rings (SSSR count). The minimum absolute atomic E-state index is 0.0175. The number of nitrogens with two attached hydrogens (primary N) is 1. The van der Waals surface area contributed by atoms with Crippen LogP contribution in [-0.2, 0) is 13.5 Å². The number of halogens is 1. The molecule has 2 aromatic heterocycles. The fraction of sp³-hybridized carbons (Fsp3) is 0.364. The van der Waals surface area contributed by atoms with Gasteiger partial charge in [0.2, 0.25) is 0 Å². The van der Waals surface area contributed by atoms with Crippen molar-refractivity contribution in [2.75, 3.05) is 0 Å². The number of nitrogens with zero attached hydrogens (tertiary/aromatic N) is 2. The summed E-state index contributed by atoms with van der Waals surface area (Å²) in [7, 11) is 1.92. The summed E-state index contributed by atoms with van der Waals surface area (Å²) in [4.78, 5) is 0. The lowest BCUT2D eigenvalue weighted by Crippen LogP contribution is -2.28. The van der Waals surface area contributed by atoms with Gasteiger partial charge in [-0.1, -0.05) is 0 Å². The van der Waals surface area contributed by atoms with Gasteiger partial charge in [-0.2, -0.15) is 5.10 Å². The van der Waals surface area contributed by atoms with Gasteiger partial charge in [0.25, 0.3) is 0 Å². The fourth-order valence-corrected chi connectivity index (χ4v) is 2.07. The molecule has 0 aliphatic heterocycles. The normalized spacial score (nSPS) is 12.9. The molecule has 0 aromatic carbocycles. The van der Waals surface area contributed by atoms with E-state index in [2.05, 4.69) is 10.5 Å². The van der Waals surface area contributed by atoms with Crippen LogP contribution in [0.25, 0.3) is 0 Å². The van der Waals surface area contributed by atoms with Gasteiger partial charge in [-0.25, -0.2) is 0 Å². The van der Waals surface area contributed by atoms with E-state index in [9.17, 15) is 0 Å². The molecule has 1 atom stereocenters. The molecule has 0 fully saturated rings. The van der Waals surface area contributed by atoms with Crippen molar-refractivity contribution in [1.29, 1.82) is 0 Å². The predicted molar refractivity (Wildman–Crippen MR) is 65.3 cm³/mol. The fourth-order valence-electron chi connectivity index (χ4n) is 1.82. The first-order valence-electron chi connectivity index (χ1n) is 5.38. The zero-order chi connectivity index (χ0) is 12.3. The summed E-state index contributed by atoms with van der Waals surface area (Å²) in [6, 6.07) is 3.80. The Kier molecular flexibility index (Phi) is 3.83. The predicted octanol–water partition coefficient (Wildman–Crippen LogP) is 1.80. The third kappa shape index (κ3) is 2.69. The van der Waals surface area contributed by atoms with E-state index in [4.69, 9.17) is 21.9 Å². The van der Waals surface area contributed by atoms with Crippen molar-refractivity contribution in [3.63, 3.8) is 0 Å². The molecule has 3 N–H and O–H groups in total. The quantitative estimate of drug-likeness (QED) is 0.631. The monoisotopic (exact) mass is 254 g/mol. The van der Waals surface area contributed by atoms with Gasteiger partial charge in [0.05, 0.1) is 12.3 Å². The molecule has 92 valence electrons. The summed E-state index contributed by atoms with van der Waals surface area (Å²) in [5.74, 6) is 5.54. The second-order valence-electron chi connectivity index (χ2n) is 3.85. The molecule has 0 saturated heterocycles. The Morgan fingerprint density at radius 1 is 1.59 bits per heavy atom. The van der Waals surface area contributed by atoms with Gasteiger partial charge in [-0.05, 0) is 36.6 Å². The first-order valence-corrected chi connectivity index (χ1v) is 5.76. The summed E-state index contributed by atoms with van der Waals surface area (Å²) in [5, 5.41) is 4.51. The lowest BCUT2D eigenvalue weighted by atomic mass is 10.0. The van der Waals surface area contributed by atoms with E-state index in [-0.39, 0.29) is 6.04 Å². The zero-order valence-electron chi connectivity index (χ0n) is 9.56. The highest BCUT2D eigenvalue weighted by Crippen LogP contribution is 2.26. The SMILES string of the molecule is Cn1nccc1CCC(NN)c1ccoc1Cl. The van der Waals surface area contributed by atoms with Gasteiger partial charge in [-0.15, -0.1) is 0 Å². The molecule has 0 radical (unpaired) electrons. The molecular formula is C11H15ClN4O. The number of hydrogen-bond donors (Lipinski definition) is 2. The molecule has 2 heterocycles. The van der Waals surface area contributed by atoms with Crippen LogP contribution in [0.2, 0.25) is 5.22 Å². The first kappa shape index (κ1) is 12.2. The lowest BCUT2D eigenvalue weighted by Gasteiger charge is -2.14. The van der Waals surface area contributed by atoms with Crippen LogP contribution in [0.5, 0.6) is 0 Å². The van der Waals surface area contributed by atoms with Crippen molar-refractivity contribution >= 4 is 11.6 Å². The van der Waals surface area contributed by atoms with Gasteiger partial charge in [0.1, 0.15) is 0 Å². The third-order valence-electron chi connectivity index (χ3n) is 2.83. The molecule has 17 heavy (non-hydrogen) atoms. The largest absolute Gasteiger partial charge is 0.453 e. The smallest absolute Gasteiger partial charge is 0.197 e. The molecule has 2 aromatic rings. The van der Waals surface area contributed by atoms with Crippen molar-refractivity contribution < 1.29 is 4.42 Å². The Hall–Kier alpha value is -1.30. The molecule has 5 nitrogen and oxygen atoms in total. The lowest BCUT2D eigenvalue weighted by molar-refractivity contribution is 0.495. The van der Waals surface area contributed by atoms with Crippen LogP contribution in [0.1, 0.15) is 23.7 Å². The highest BCUT2D eigenvalue weighted by molar-refractivity contribution is 6.29. The summed E-state index contributed by atoms with van der Waals surface area (Å²) in [5.41, 5.74) is 4.80. The molecule has 1 unspecified atom stereocenters. The number of hydrazine groups is 1. The van der Waals surface area contributed by atoms with Crippen LogP contribution in [0, 0.1) is 0 Å². The maximum absolute atomic E-state index is 5.93. The van der Waals surface area contributed by atoms with Crippen LogP contribution in [0.15, 0.2) is 29.0 Å². The second kappa shape index (κ2) is 5.35. The second-order valence-corrected chi connectivity index (χ2v) is 4.20. The minimum Gasteiger partial charge on any atom is -0.453 e. The molecule has 0 spiro atoms. The van der Waals surface area contributed by atoms with Crippen molar-refractivity contribution in [3.8, 4) is 0 Å². The van der Waals surface area contributed by atoms with E-state index in [0.29, 0.717) is 5.22 Å². The molecule has 0 bridgehead atoms. The summed E-state index contributed by atoms with van der Waals surface area (Å²) in [6.45, 7) is 0. The maximum atomic E-state index is 5.93.